The Balaban J connectivity index is 3.10. The van der Waals surface area contributed by atoms with Crippen molar-refractivity contribution in [2.24, 2.45) is 0 Å². The number of hydrogen-bond donors (Lipinski definition) is 0. The lowest BCUT2D eigenvalue weighted by Crippen LogP contribution is -2.03. The number of ether oxygens (including phenoxy) is 3. The molecule has 0 unspecified atom stereocenters. The van der Waals surface area contributed by atoms with Gasteiger partial charge in [-0.1, -0.05) is 13.0 Å². The first-order valence-electron chi connectivity index (χ1n) is 6.76. The Hall–Kier alpha value is -2.48. The smallest absolute Gasteiger partial charge is 0.348 e. The van der Waals surface area contributed by atoms with Crippen LogP contribution in [0.3, 0.4) is 0 Å². The zero-order valence-electron chi connectivity index (χ0n) is 12.5. The molecule has 1 aromatic rings. The Kier molecular flexibility index (Phi) is 6.82. The summed E-state index contributed by atoms with van der Waals surface area (Å²) < 4.78 is 15.7. The molecule has 0 bridgehead atoms. The number of hydrogen-bond acceptors (Lipinski definition) is 5. The van der Waals surface area contributed by atoms with E-state index in [2.05, 4.69) is 4.74 Å². The lowest BCUT2D eigenvalue weighted by molar-refractivity contribution is -0.135. The third-order valence-corrected chi connectivity index (χ3v) is 2.57. The van der Waals surface area contributed by atoms with Crippen molar-refractivity contribution in [1.82, 2.24) is 0 Å². The van der Waals surface area contributed by atoms with Crippen LogP contribution in [0.4, 0.5) is 0 Å². The largest absolute Gasteiger partial charge is 0.490 e. The second-order valence-corrected chi connectivity index (χ2v) is 4.15. The topological polar surface area (TPSA) is 68.5 Å². The van der Waals surface area contributed by atoms with Crippen LogP contribution in [0.5, 0.6) is 11.5 Å². The first-order valence-corrected chi connectivity index (χ1v) is 6.76. The quantitative estimate of drug-likeness (QED) is 0.438. The van der Waals surface area contributed by atoms with Crippen molar-refractivity contribution >= 4 is 12.0 Å². The highest BCUT2D eigenvalue weighted by molar-refractivity contribution is 5.97. The van der Waals surface area contributed by atoms with Gasteiger partial charge in [0.1, 0.15) is 11.6 Å². The third kappa shape index (κ3) is 4.84. The number of carbonyl (C=O) groups excluding carboxylic acids is 1. The van der Waals surface area contributed by atoms with Gasteiger partial charge in [-0.3, -0.25) is 0 Å². The van der Waals surface area contributed by atoms with Gasteiger partial charge in [0.05, 0.1) is 20.3 Å². The van der Waals surface area contributed by atoms with Crippen LogP contribution >= 0.6 is 0 Å². The maximum absolute atomic E-state index is 11.4. The molecule has 5 heteroatoms. The molecule has 5 nitrogen and oxygen atoms in total. The molecular weight excluding hydrogens is 270 g/mol. The molecule has 0 atom stereocenters. The highest BCUT2D eigenvalue weighted by Gasteiger charge is 2.10. The molecule has 0 heterocycles. The minimum Gasteiger partial charge on any atom is -0.490 e. The minimum atomic E-state index is -0.665. The highest BCUT2D eigenvalue weighted by atomic mass is 16.5. The van der Waals surface area contributed by atoms with Gasteiger partial charge in [0.15, 0.2) is 11.5 Å². The SMILES string of the molecule is CCCOc1ccc(C=C(C#N)C(=O)OC)cc1OCC. The minimum absolute atomic E-state index is 0.0674. The molecule has 0 aliphatic carbocycles. The molecule has 0 aromatic heterocycles. The van der Waals surface area contributed by atoms with Crippen molar-refractivity contribution in [2.45, 2.75) is 20.3 Å². The second-order valence-electron chi connectivity index (χ2n) is 4.15. The Morgan fingerprint density at radius 1 is 1.29 bits per heavy atom. The van der Waals surface area contributed by atoms with E-state index in [1.54, 1.807) is 18.2 Å². The van der Waals surface area contributed by atoms with Crippen LogP contribution in [0.1, 0.15) is 25.8 Å². The predicted octanol–water partition coefficient (Wildman–Crippen LogP) is 2.95. The van der Waals surface area contributed by atoms with Gasteiger partial charge in [0.2, 0.25) is 0 Å². The molecule has 1 rings (SSSR count). The summed E-state index contributed by atoms with van der Waals surface area (Å²) >= 11 is 0. The third-order valence-electron chi connectivity index (χ3n) is 2.57. The van der Waals surface area contributed by atoms with Gasteiger partial charge in [-0.05, 0) is 37.1 Å². The maximum atomic E-state index is 11.4. The van der Waals surface area contributed by atoms with Crippen molar-refractivity contribution in [1.29, 1.82) is 5.26 Å². The molecule has 112 valence electrons. The lowest BCUT2D eigenvalue weighted by Gasteiger charge is -2.12. The first-order chi connectivity index (χ1) is 10.2. The second kappa shape index (κ2) is 8.64. The summed E-state index contributed by atoms with van der Waals surface area (Å²) in [6.45, 7) is 4.99. The number of rotatable bonds is 7. The molecule has 0 aliphatic rings. The fourth-order valence-electron chi connectivity index (χ4n) is 1.63. The van der Waals surface area contributed by atoms with Crippen molar-refractivity contribution < 1.29 is 19.0 Å². The molecule has 0 spiro atoms. The number of carbonyl (C=O) groups is 1. The number of methoxy groups -OCH3 is 1. The highest BCUT2D eigenvalue weighted by Crippen LogP contribution is 2.29. The summed E-state index contributed by atoms with van der Waals surface area (Å²) in [5.74, 6) is 0.566. The number of esters is 1. The fraction of sp³-hybridized carbons (Fsp3) is 0.375. The van der Waals surface area contributed by atoms with E-state index in [0.29, 0.717) is 30.3 Å². The van der Waals surface area contributed by atoms with E-state index < -0.39 is 5.97 Å². The van der Waals surface area contributed by atoms with Gasteiger partial charge in [-0.25, -0.2) is 4.79 Å². The molecule has 0 aliphatic heterocycles. The standard InChI is InChI=1S/C16H19NO4/c1-4-8-21-14-7-6-12(10-15(14)20-5-2)9-13(11-17)16(18)19-3/h6-7,9-10H,4-5,8H2,1-3H3. The molecule has 0 N–H and O–H groups in total. The Morgan fingerprint density at radius 2 is 2.05 bits per heavy atom. The number of benzene rings is 1. The summed E-state index contributed by atoms with van der Waals surface area (Å²) in [5.41, 5.74) is 0.603. The van der Waals surface area contributed by atoms with Crippen LogP contribution in [0.15, 0.2) is 23.8 Å². The fourth-order valence-corrected chi connectivity index (χ4v) is 1.63. The van der Waals surface area contributed by atoms with Gasteiger partial charge in [-0.15, -0.1) is 0 Å². The Morgan fingerprint density at radius 3 is 2.62 bits per heavy atom. The molecule has 21 heavy (non-hydrogen) atoms. The molecule has 0 fully saturated rings. The average Bonchev–Trinajstić information content (AvgIpc) is 2.51. The van der Waals surface area contributed by atoms with Gasteiger partial charge in [-0.2, -0.15) is 5.26 Å². The molecule has 0 radical (unpaired) electrons. The summed E-state index contributed by atoms with van der Waals surface area (Å²) in [7, 11) is 1.24. The van der Waals surface area contributed by atoms with Crippen molar-refractivity contribution in [3.8, 4) is 17.6 Å². The van der Waals surface area contributed by atoms with Crippen LogP contribution in [0, 0.1) is 11.3 Å². The van der Waals surface area contributed by atoms with Crippen molar-refractivity contribution in [2.75, 3.05) is 20.3 Å². The van der Waals surface area contributed by atoms with Crippen LogP contribution in [-0.2, 0) is 9.53 Å². The zero-order chi connectivity index (χ0) is 15.7. The normalized spacial score (nSPS) is 10.7. The maximum Gasteiger partial charge on any atom is 0.348 e. The lowest BCUT2D eigenvalue weighted by atomic mass is 10.1. The number of nitriles is 1. The monoisotopic (exact) mass is 289 g/mol. The Labute approximate surface area is 124 Å². The van der Waals surface area contributed by atoms with Crippen molar-refractivity contribution in [3.05, 3.63) is 29.3 Å². The van der Waals surface area contributed by atoms with Crippen LogP contribution < -0.4 is 9.47 Å². The molecule has 0 saturated heterocycles. The zero-order valence-corrected chi connectivity index (χ0v) is 12.5. The van der Waals surface area contributed by atoms with Gasteiger partial charge in [0, 0.05) is 0 Å². The van der Waals surface area contributed by atoms with E-state index >= 15 is 0 Å². The van der Waals surface area contributed by atoms with E-state index in [4.69, 9.17) is 14.7 Å². The van der Waals surface area contributed by atoms with Gasteiger partial charge >= 0.3 is 5.97 Å². The summed E-state index contributed by atoms with van der Waals surface area (Å²) in [5, 5.41) is 8.96. The van der Waals surface area contributed by atoms with E-state index in [9.17, 15) is 4.79 Å². The van der Waals surface area contributed by atoms with Crippen LogP contribution in [0.2, 0.25) is 0 Å². The van der Waals surface area contributed by atoms with Crippen LogP contribution in [-0.4, -0.2) is 26.3 Å². The van der Waals surface area contributed by atoms with Crippen molar-refractivity contribution in [3.63, 3.8) is 0 Å². The van der Waals surface area contributed by atoms with E-state index in [-0.39, 0.29) is 5.57 Å². The molecular formula is C16H19NO4. The van der Waals surface area contributed by atoms with Crippen LogP contribution in [0.25, 0.3) is 6.08 Å². The molecule has 1 aromatic carbocycles. The summed E-state index contributed by atoms with van der Waals surface area (Å²) in [4.78, 5) is 11.4. The van der Waals surface area contributed by atoms with Gasteiger partial charge < -0.3 is 14.2 Å². The van der Waals surface area contributed by atoms with E-state index in [0.717, 1.165) is 6.42 Å². The van der Waals surface area contributed by atoms with Gasteiger partial charge in [0.25, 0.3) is 0 Å². The summed E-state index contributed by atoms with van der Waals surface area (Å²) in [6, 6.07) is 7.07. The summed E-state index contributed by atoms with van der Waals surface area (Å²) in [6.07, 6.45) is 2.35. The Bertz CT molecular complexity index is 558. The molecule has 0 amide bonds. The number of nitrogens with zero attached hydrogens (tertiary/aromatic N) is 1. The van der Waals surface area contributed by atoms with E-state index in [1.807, 2.05) is 19.9 Å². The van der Waals surface area contributed by atoms with E-state index in [1.165, 1.54) is 13.2 Å². The predicted molar refractivity (Wildman–Crippen MR) is 79.0 cm³/mol. The molecule has 0 saturated carbocycles. The first kappa shape index (κ1) is 16.6. The average molecular weight is 289 g/mol.